The van der Waals surface area contributed by atoms with E-state index in [1.54, 1.807) is 0 Å². The van der Waals surface area contributed by atoms with Crippen LogP contribution >= 0.6 is 0 Å². The van der Waals surface area contributed by atoms with Gasteiger partial charge in [-0.15, -0.1) is 0 Å². The molecule has 1 N–H and O–H groups in total. The fourth-order valence-electron chi connectivity index (χ4n) is 1.63. The molecule has 0 unspecified atom stereocenters. The molecule has 0 saturated carbocycles. The van der Waals surface area contributed by atoms with E-state index < -0.39 is 5.60 Å². The summed E-state index contributed by atoms with van der Waals surface area (Å²) in [6.45, 7) is 12.8. The van der Waals surface area contributed by atoms with Crippen LogP contribution in [0.25, 0.3) is 0 Å². The number of hydrogen-bond donors (Lipinski definition) is 1. The van der Waals surface area contributed by atoms with Gasteiger partial charge >= 0.3 is 0 Å². The smallest absolute Gasteiger partial charge is 0.0923 e. The Hall–Kier alpha value is -0.340. The Morgan fingerprint density at radius 1 is 1.54 bits per heavy atom. The first-order chi connectivity index (χ1) is 5.98. The summed E-state index contributed by atoms with van der Waals surface area (Å²) in [7, 11) is 0. The van der Waals surface area contributed by atoms with E-state index in [1.807, 2.05) is 0 Å². The number of aliphatic hydroxyl groups is 1. The minimum atomic E-state index is -0.436. The molecule has 1 fully saturated rings. The van der Waals surface area contributed by atoms with Crippen molar-refractivity contribution < 1.29 is 5.11 Å². The van der Waals surface area contributed by atoms with E-state index in [4.69, 9.17) is 0 Å². The van der Waals surface area contributed by atoms with Crippen molar-refractivity contribution >= 4 is 0 Å². The summed E-state index contributed by atoms with van der Waals surface area (Å²) < 4.78 is 0. The second kappa shape index (κ2) is 3.81. The van der Waals surface area contributed by atoms with E-state index in [9.17, 15) is 5.11 Å². The third-order valence-corrected chi connectivity index (χ3v) is 3.02. The molecule has 1 heterocycles. The fraction of sp³-hybridized carbons (Fsp3) is 0.818. The molecular weight excluding hydrogens is 162 g/mol. The largest absolute Gasteiger partial charge is 0.387 e. The van der Waals surface area contributed by atoms with Gasteiger partial charge in [-0.05, 0) is 12.3 Å². The summed E-state index contributed by atoms with van der Waals surface area (Å²) in [5.74, 6) is 0.360. The summed E-state index contributed by atoms with van der Waals surface area (Å²) in [6.07, 6.45) is 1.04. The highest BCUT2D eigenvalue weighted by Crippen LogP contribution is 2.28. The van der Waals surface area contributed by atoms with Crippen LogP contribution in [0.5, 0.6) is 0 Å². The molecule has 0 radical (unpaired) electrons. The Labute approximate surface area is 81.2 Å². The lowest BCUT2D eigenvalue weighted by molar-refractivity contribution is -0.124. The highest BCUT2D eigenvalue weighted by atomic mass is 16.3. The van der Waals surface area contributed by atoms with Crippen molar-refractivity contribution in [2.24, 2.45) is 5.92 Å². The standard InChI is InChI=1S/C11H21NO/c1-5-10(4)6-12-7-11(13,8-12)9(2)3/h9,13H,4-8H2,1-3H3. The number of rotatable bonds is 4. The molecule has 0 amide bonds. The lowest BCUT2D eigenvalue weighted by atomic mass is 9.83. The van der Waals surface area contributed by atoms with E-state index >= 15 is 0 Å². The van der Waals surface area contributed by atoms with Gasteiger partial charge < -0.3 is 5.11 Å². The van der Waals surface area contributed by atoms with Crippen molar-refractivity contribution in [3.05, 3.63) is 12.2 Å². The van der Waals surface area contributed by atoms with Crippen LogP contribution < -0.4 is 0 Å². The van der Waals surface area contributed by atoms with Gasteiger partial charge in [-0.3, -0.25) is 4.90 Å². The zero-order valence-corrected chi connectivity index (χ0v) is 9.01. The van der Waals surface area contributed by atoms with Crippen LogP contribution in [0, 0.1) is 5.92 Å². The van der Waals surface area contributed by atoms with E-state index in [0.717, 1.165) is 26.1 Å². The van der Waals surface area contributed by atoms with E-state index in [-0.39, 0.29) is 0 Å². The Morgan fingerprint density at radius 2 is 2.08 bits per heavy atom. The normalized spacial score (nSPS) is 21.6. The first-order valence-electron chi connectivity index (χ1n) is 5.09. The third kappa shape index (κ3) is 2.32. The van der Waals surface area contributed by atoms with Crippen molar-refractivity contribution in [1.29, 1.82) is 0 Å². The zero-order valence-electron chi connectivity index (χ0n) is 9.01. The lowest BCUT2D eigenvalue weighted by Gasteiger charge is -2.49. The van der Waals surface area contributed by atoms with Crippen LogP contribution in [0.15, 0.2) is 12.2 Å². The average Bonchev–Trinajstić information content (AvgIpc) is 2.00. The molecule has 0 aliphatic carbocycles. The molecule has 1 aliphatic heterocycles. The van der Waals surface area contributed by atoms with Crippen molar-refractivity contribution in [3.63, 3.8) is 0 Å². The molecule has 0 aromatic rings. The van der Waals surface area contributed by atoms with Crippen LogP contribution in [0.1, 0.15) is 27.2 Å². The monoisotopic (exact) mass is 183 g/mol. The summed E-state index contributed by atoms with van der Waals surface area (Å²) in [6, 6.07) is 0. The van der Waals surface area contributed by atoms with Crippen LogP contribution in [-0.2, 0) is 0 Å². The van der Waals surface area contributed by atoms with Crippen LogP contribution in [0.4, 0.5) is 0 Å². The molecule has 0 aromatic heterocycles. The van der Waals surface area contributed by atoms with Crippen molar-refractivity contribution in [1.82, 2.24) is 4.90 Å². The van der Waals surface area contributed by atoms with Gasteiger partial charge in [-0.2, -0.15) is 0 Å². The fourth-order valence-corrected chi connectivity index (χ4v) is 1.63. The topological polar surface area (TPSA) is 23.5 Å². The molecule has 2 nitrogen and oxygen atoms in total. The van der Waals surface area contributed by atoms with E-state index in [2.05, 4.69) is 32.3 Å². The minimum Gasteiger partial charge on any atom is -0.387 e. The summed E-state index contributed by atoms with van der Waals surface area (Å²) in [5, 5.41) is 9.97. The first-order valence-corrected chi connectivity index (χ1v) is 5.09. The van der Waals surface area contributed by atoms with Crippen LogP contribution in [-0.4, -0.2) is 35.2 Å². The number of hydrogen-bond acceptors (Lipinski definition) is 2. The number of nitrogens with zero attached hydrogens (tertiary/aromatic N) is 1. The predicted molar refractivity (Wildman–Crippen MR) is 55.7 cm³/mol. The molecule has 1 aliphatic rings. The highest BCUT2D eigenvalue weighted by molar-refractivity contribution is 5.04. The Kier molecular flexibility index (Phi) is 3.14. The molecule has 0 bridgehead atoms. The van der Waals surface area contributed by atoms with Crippen LogP contribution in [0.2, 0.25) is 0 Å². The van der Waals surface area contributed by atoms with E-state index in [1.165, 1.54) is 5.57 Å². The molecule has 1 rings (SSSR count). The Bertz CT molecular complexity index is 192. The maximum Gasteiger partial charge on any atom is 0.0923 e. The van der Waals surface area contributed by atoms with Gasteiger partial charge in [-0.25, -0.2) is 0 Å². The van der Waals surface area contributed by atoms with Gasteiger partial charge in [0.05, 0.1) is 5.60 Å². The molecular formula is C11H21NO. The summed E-state index contributed by atoms with van der Waals surface area (Å²) >= 11 is 0. The van der Waals surface area contributed by atoms with Crippen molar-refractivity contribution in [2.75, 3.05) is 19.6 Å². The van der Waals surface area contributed by atoms with Gasteiger partial charge in [0.25, 0.3) is 0 Å². The summed E-state index contributed by atoms with van der Waals surface area (Å²) in [5.41, 5.74) is 0.819. The van der Waals surface area contributed by atoms with Crippen molar-refractivity contribution in [3.8, 4) is 0 Å². The minimum absolute atomic E-state index is 0.360. The number of likely N-dealkylation sites (tertiary alicyclic amines) is 1. The van der Waals surface area contributed by atoms with Gasteiger partial charge in [-0.1, -0.05) is 32.9 Å². The van der Waals surface area contributed by atoms with Crippen LogP contribution in [0.3, 0.4) is 0 Å². The maximum absolute atomic E-state index is 9.97. The quantitative estimate of drug-likeness (QED) is 0.670. The highest BCUT2D eigenvalue weighted by Gasteiger charge is 2.43. The SMILES string of the molecule is C=C(CC)CN1CC(O)(C(C)C)C1. The van der Waals surface area contributed by atoms with E-state index in [0.29, 0.717) is 5.92 Å². The lowest BCUT2D eigenvalue weighted by Crippen LogP contribution is -2.64. The molecule has 13 heavy (non-hydrogen) atoms. The van der Waals surface area contributed by atoms with Crippen molar-refractivity contribution in [2.45, 2.75) is 32.8 Å². The number of β-amino-alcohol motifs (C(OH)–C–C–N with tert-alkyl or cyclic N) is 1. The second-order valence-corrected chi connectivity index (χ2v) is 4.51. The van der Waals surface area contributed by atoms with Gasteiger partial charge in [0.1, 0.15) is 0 Å². The summed E-state index contributed by atoms with van der Waals surface area (Å²) in [4.78, 5) is 2.26. The van der Waals surface area contributed by atoms with Gasteiger partial charge in [0, 0.05) is 19.6 Å². The molecule has 76 valence electrons. The first kappa shape index (κ1) is 10.7. The molecule has 1 saturated heterocycles. The maximum atomic E-state index is 9.97. The average molecular weight is 183 g/mol. The Morgan fingerprint density at radius 3 is 2.46 bits per heavy atom. The molecule has 0 aromatic carbocycles. The van der Waals surface area contributed by atoms with Gasteiger partial charge in [0.15, 0.2) is 0 Å². The predicted octanol–water partition coefficient (Wildman–Crippen LogP) is 1.66. The third-order valence-electron chi connectivity index (χ3n) is 3.02. The molecule has 2 heteroatoms. The molecule has 0 spiro atoms. The van der Waals surface area contributed by atoms with Gasteiger partial charge in [0.2, 0.25) is 0 Å². The second-order valence-electron chi connectivity index (χ2n) is 4.51. The molecule has 0 atom stereocenters. The zero-order chi connectivity index (χ0) is 10.1. The Balaban J connectivity index is 2.29.